The van der Waals surface area contributed by atoms with Crippen LogP contribution < -0.4 is 16.0 Å². The fraction of sp³-hybridized carbons (Fsp3) is 0.286. The van der Waals surface area contributed by atoms with Gasteiger partial charge in [-0.25, -0.2) is 9.97 Å². The SMILES string of the molecule is CC(=O)Nc1cc(C2CC2)cn2cc(CNc3ccnc(NC(=O)C4CC4c4cccc(Cl)c4)c3)nc12. The molecule has 3 N–H and O–H groups in total. The lowest BCUT2D eigenvalue weighted by Gasteiger charge is -2.08. The normalized spacial score (nSPS) is 18.4. The van der Waals surface area contributed by atoms with Crippen LogP contribution in [0.2, 0.25) is 5.02 Å². The van der Waals surface area contributed by atoms with Crippen LogP contribution in [-0.2, 0) is 16.1 Å². The summed E-state index contributed by atoms with van der Waals surface area (Å²) < 4.78 is 1.99. The largest absolute Gasteiger partial charge is 0.379 e. The maximum Gasteiger partial charge on any atom is 0.229 e. The van der Waals surface area contributed by atoms with Crippen LogP contribution in [0.3, 0.4) is 0 Å². The Morgan fingerprint density at radius 3 is 2.73 bits per heavy atom. The second-order valence-corrected chi connectivity index (χ2v) is 10.3. The first-order valence-electron chi connectivity index (χ1n) is 12.5. The van der Waals surface area contributed by atoms with Crippen molar-refractivity contribution in [3.05, 3.63) is 82.9 Å². The number of hydrogen-bond acceptors (Lipinski definition) is 5. The van der Waals surface area contributed by atoms with Gasteiger partial charge in [-0.2, -0.15) is 0 Å². The standard InChI is InChI=1S/C28H27ClN6O2/c1-16(36)32-25-10-19(17-5-6-17)14-35-15-22(33-27(25)35)13-31-21-7-8-30-26(11-21)34-28(37)24-12-23(24)18-3-2-4-20(29)9-18/h2-4,7-11,14-15,17,23-24H,5-6,12-13H2,1H3,(H,32,36)(H2,30,31,34,37). The number of pyridine rings is 2. The van der Waals surface area contributed by atoms with E-state index in [-0.39, 0.29) is 23.7 Å². The predicted molar refractivity (Wildman–Crippen MR) is 144 cm³/mol. The molecule has 2 fully saturated rings. The van der Waals surface area contributed by atoms with E-state index in [1.54, 1.807) is 6.20 Å². The molecule has 2 aliphatic rings. The van der Waals surface area contributed by atoms with E-state index < -0.39 is 0 Å². The van der Waals surface area contributed by atoms with Crippen LogP contribution in [0.1, 0.15) is 54.8 Å². The Kier molecular flexibility index (Phi) is 6.04. The highest BCUT2D eigenvalue weighted by Gasteiger charge is 2.44. The Hall–Kier alpha value is -3.91. The summed E-state index contributed by atoms with van der Waals surface area (Å²) in [6.45, 7) is 1.99. The van der Waals surface area contributed by atoms with Gasteiger partial charge in [0.25, 0.3) is 0 Å². The lowest BCUT2D eigenvalue weighted by Crippen LogP contribution is -2.15. The van der Waals surface area contributed by atoms with Gasteiger partial charge in [0.2, 0.25) is 11.8 Å². The van der Waals surface area contributed by atoms with Crippen molar-refractivity contribution in [3.8, 4) is 0 Å². The molecule has 0 radical (unpaired) electrons. The molecule has 2 aliphatic carbocycles. The molecule has 9 heteroatoms. The Morgan fingerprint density at radius 1 is 1.08 bits per heavy atom. The molecule has 0 saturated heterocycles. The van der Waals surface area contributed by atoms with Crippen LogP contribution in [0.4, 0.5) is 17.2 Å². The van der Waals surface area contributed by atoms with E-state index >= 15 is 0 Å². The topological polar surface area (TPSA) is 100 Å². The molecular weight excluding hydrogens is 488 g/mol. The molecule has 8 nitrogen and oxygen atoms in total. The minimum absolute atomic E-state index is 0.0352. The molecule has 3 heterocycles. The monoisotopic (exact) mass is 514 g/mol. The van der Waals surface area contributed by atoms with E-state index in [9.17, 15) is 9.59 Å². The number of carbonyl (C=O) groups excluding carboxylic acids is 2. The average Bonchev–Trinajstić information content (AvgIpc) is 3.79. The maximum absolute atomic E-state index is 12.8. The molecule has 0 spiro atoms. The van der Waals surface area contributed by atoms with Crippen LogP contribution in [0, 0.1) is 5.92 Å². The Balaban J connectivity index is 1.11. The molecule has 2 atom stereocenters. The van der Waals surface area contributed by atoms with Gasteiger partial charge in [-0.1, -0.05) is 23.7 Å². The summed E-state index contributed by atoms with van der Waals surface area (Å²) in [5.74, 6) is 1.03. The molecule has 37 heavy (non-hydrogen) atoms. The molecule has 0 bridgehead atoms. The van der Waals surface area contributed by atoms with Gasteiger partial charge in [0.15, 0.2) is 5.65 Å². The van der Waals surface area contributed by atoms with Crippen molar-refractivity contribution in [1.82, 2.24) is 14.4 Å². The first-order valence-corrected chi connectivity index (χ1v) is 12.9. The number of halogens is 1. The number of benzene rings is 1. The zero-order valence-corrected chi connectivity index (χ0v) is 21.1. The number of carbonyl (C=O) groups is 2. The number of aromatic nitrogens is 3. The molecule has 188 valence electrons. The zero-order valence-electron chi connectivity index (χ0n) is 20.4. The molecular formula is C28H27ClN6O2. The van der Waals surface area contributed by atoms with Gasteiger partial charge in [0, 0.05) is 48.2 Å². The van der Waals surface area contributed by atoms with E-state index in [0.29, 0.717) is 23.3 Å². The molecule has 2 saturated carbocycles. The van der Waals surface area contributed by atoms with E-state index in [4.69, 9.17) is 16.6 Å². The lowest BCUT2D eigenvalue weighted by molar-refractivity contribution is -0.117. The number of fused-ring (bicyclic) bond motifs is 1. The van der Waals surface area contributed by atoms with Crippen molar-refractivity contribution >= 4 is 46.3 Å². The molecule has 2 unspecified atom stereocenters. The summed E-state index contributed by atoms with van der Waals surface area (Å²) in [6, 6.07) is 13.4. The highest BCUT2D eigenvalue weighted by molar-refractivity contribution is 6.30. The third-order valence-corrected chi connectivity index (χ3v) is 7.11. The van der Waals surface area contributed by atoms with Crippen molar-refractivity contribution in [1.29, 1.82) is 0 Å². The Morgan fingerprint density at radius 2 is 1.95 bits per heavy atom. The van der Waals surface area contributed by atoms with Crippen molar-refractivity contribution in [2.45, 2.75) is 44.6 Å². The van der Waals surface area contributed by atoms with E-state index in [1.165, 1.54) is 25.3 Å². The van der Waals surface area contributed by atoms with Gasteiger partial charge in [0.1, 0.15) is 5.82 Å². The number of nitrogens with zero attached hydrogens (tertiary/aromatic N) is 3. The number of imidazole rings is 1. The minimum Gasteiger partial charge on any atom is -0.379 e. The lowest BCUT2D eigenvalue weighted by atomic mass is 10.1. The highest BCUT2D eigenvalue weighted by atomic mass is 35.5. The van der Waals surface area contributed by atoms with Crippen LogP contribution in [0.5, 0.6) is 0 Å². The Bertz CT molecular complexity index is 1510. The summed E-state index contributed by atoms with van der Waals surface area (Å²) in [7, 11) is 0. The molecule has 6 rings (SSSR count). The summed E-state index contributed by atoms with van der Waals surface area (Å²) in [4.78, 5) is 33.5. The van der Waals surface area contributed by atoms with Crippen LogP contribution in [0.25, 0.3) is 5.65 Å². The third kappa shape index (κ3) is 5.29. The summed E-state index contributed by atoms with van der Waals surface area (Å²) in [5, 5.41) is 9.91. The van der Waals surface area contributed by atoms with E-state index in [2.05, 4.69) is 27.1 Å². The van der Waals surface area contributed by atoms with E-state index in [1.807, 2.05) is 53.1 Å². The van der Waals surface area contributed by atoms with Crippen LogP contribution in [0.15, 0.2) is 61.1 Å². The first kappa shape index (κ1) is 23.5. The minimum atomic E-state index is -0.117. The van der Waals surface area contributed by atoms with E-state index in [0.717, 1.165) is 34.7 Å². The Labute approximate surface area is 219 Å². The number of anilines is 3. The summed E-state index contributed by atoms with van der Waals surface area (Å²) >= 11 is 6.10. The van der Waals surface area contributed by atoms with Gasteiger partial charge >= 0.3 is 0 Å². The quantitative estimate of drug-likeness (QED) is 0.285. The fourth-order valence-corrected chi connectivity index (χ4v) is 4.99. The van der Waals surface area contributed by atoms with Crippen molar-refractivity contribution in [2.75, 3.05) is 16.0 Å². The van der Waals surface area contributed by atoms with Gasteiger partial charge in [-0.05, 0) is 66.5 Å². The van der Waals surface area contributed by atoms with Gasteiger partial charge in [0.05, 0.1) is 17.9 Å². The molecule has 0 aliphatic heterocycles. The molecule has 4 aromatic rings. The molecule has 1 aromatic carbocycles. The van der Waals surface area contributed by atoms with Crippen LogP contribution >= 0.6 is 11.6 Å². The van der Waals surface area contributed by atoms with Gasteiger partial charge in [-0.3, -0.25) is 9.59 Å². The van der Waals surface area contributed by atoms with Crippen molar-refractivity contribution in [2.24, 2.45) is 5.92 Å². The fourth-order valence-electron chi connectivity index (χ4n) is 4.79. The number of nitrogens with one attached hydrogen (secondary N) is 3. The second-order valence-electron chi connectivity index (χ2n) is 9.88. The van der Waals surface area contributed by atoms with Gasteiger partial charge < -0.3 is 20.4 Å². The zero-order chi connectivity index (χ0) is 25.5. The second kappa shape index (κ2) is 9.52. The van der Waals surface area contributed by atoms with Gasteiger partial charge in [-0.15, -0.1) is 0 Å². The predicted octanol–water partition coefficient (Wildman–Crippen LogP) is 5.57. The molecule has 2 amide bonds. The van der Waals surface area contributed by atoms with Crippen LogP contribution in [-0.4, -0.2) is 26.2 Å². The summed E-state index contributed by atoms with van der Waals surface area (Å²) in [6.07, 6.45) is 8.91. The number of amides is 2. The smallest absolute Gasteiger partial charge is 0.229 e. The highest BCUT2D eigenvalue weighted by Crippen LogP contribution is 2.48. The molecule has 3 aromatic heterocycles. The maximum atomic E-state index is 12.8. The average molecular weight is 515 g/mol. The first-order chi connectivity index (χ1) is 17.9. The third-order valence-electron chi connectivity index (χ3n) is 6.87. The van der Waals surface area contributed by atoms with Crippen molar-refractivity contribution in [3.63, 3.8) is 0 Å². The van der Waals surface area contributed by atoms with Crippen molar-refractivity contribution < 1.29 is 9.59 Å². The number of hydrogen-bond donors (Lipinski definition) is 3. The summed E-state index contributed by atoms with van der Waals surface area (Å²) in [5.41, 5.74) is 5.42. The number of rotatable bonds is 8.